The maximum Gasteiger partial charge on any atom is 0.306 e. The Morgan fingerprint density at radius 3 is 1.43 bits per heavy atom. The molecule has 0 aromatic heterocycles. The molecular weight excluding hydrogens is 697 g/mol. The van der Waals surface area contributed by atoms with E-state index in [1.807, 2.05) is 27.2 Å². The van der Waals surface area contributed by atoms with E-state index in [0.29, 0.717) is 17.4 Å². The van der Waals surface area contributed by atoms with Gasteiger partial charge < -0.3 is 27.9 Å². The highest BCUT2D eigenvalue weighted by Crippen LogP contribution is 2.38. The van der Waals surface area contributed by atoms with Crippen LogP contribution in [-0.4, -0.2) is 64.1 Å². The van der Waals surface area contributed by atoms with E-state index in [1.54, 1.807) is 6.26 Å². The first kappa shape index (κ1) is 52.8. The summed E-state index contributed by atoms with van der Waals surface area (Å²) in [4.78, 5) is 25.0. The molecule has 9 heteroatoms. The van der Waals surface area contributed by atoms with Gasteiger partial charge in [0, 0.05) is 6.42 Å². The Bertz CT molecular complexity index is 920. The highest BCUT2D eigenvalue weighted by Gasteiger charge is 2.20. The molecule has 0 saturated carbocycles. The minimum absolute atomic E-state index is 0.0166. The van der Waals surface area contributed by atoms with Crippen LogP contribution in [0.2, 0.25) is 0 Å². The van der Waals surface area contributed by atoms with E-state index in [2.05, 4.69) is 26.0 Å². The van der Waals surface area contributed by atoms with Gasteiger partial charge in [-0.3, -0.25) is 9.36 Å². The third-order valence-electron chi connectivity index (χ3n) is 9.82. The summed E-state index contributed by atoms with van der Waals surface area (Å²) in [7, 11) is 1.33. The van der Waals surface area contributed by atoms with E-state index in [-0.39, 0.29) is 25.8 Å². The number of quaternary nitrogens is 1. The number of nitrogens with zero attached hydrogens (tertiary/aromatic N) is 1. The Balaban J connectivity index is 4.25. The molecule has 0 rings (SSSR count). The van der Waals surface area contributed by atoms with Crippen molar-refractivity contribution in [1.82, 2.24) is 0 Å². The second kappa shape index (κ2) is 38.7. The molecule has 0 bridgehead atoms. The van der Waals surface area contributed by atoms with Crippen molar-refractivity contribution in [2.45, 2.75) is 213 Å². The number of hydrogen-bond donors (Lipinski definition) is 0. The van der Waals surface area contributed by atoms with Crippen molar-refractivity contribution in [3.63, 3.8) is 0 Å². The van der Waals surface area contributed by atoms with Crippen molar-refractivity contribution in [2.24, 2.45) is 0 Å². The lowest BCUT2D eigenvalue weighted by Gasteiger charge is -2.28. The number of phosphoric ester groups is 1. The Labute approximate surface area is 334 Å². The zero-order valence-electron chi connectivity index (χ0n) is 36.2. The van der Waals surface area contributed by atoms with Crippen molar-refractivity contribution >= 4 is 13.8 Å². The molecule has 1 unspecified atom stereocenters. The Morgan fingerprint density at radius 2 is 0.981 bits per heavy atom. The van der Waals surface area contributed by atoms with Crippen LogP contribution in [0.1, 0.15) is 206 Å². The van der Waals surface area contributed by atoms with E-state index in [1.165, 1.54) is 141 Å². The van der Waals surface area contributed by atoms with Gasteiger partial charge in [0.15, 0.2) is 6.10 Å². The fourth-order valence-corrected chi connectivity index (χ4v) is 7.00. The van der Waals surface area contributed by atoms with Crippen molar-refractivity contribution in [3.05, 3.63) is 24.5 Å². The maximum absolute atomic E-state index is 12.6. The number of phosphoric acid groups is 1. The van der Waals surface area contributed by atoms with E-state index < -0.39 is 13.9 Å². The SMILES string of the molecule is CCCCCCC/C=C\CCCCCCCC(=O)O[C@H](CO/C=C\CCCCCCCCCCCCCCCCCC)COP(=O)([O-])OCC[N+](C)(C)C. The third kappa shape index (κ3) is 42.0. The van der Waals surface area contributed by atoms with Gasteiger partial charge in [0.1, 0.15) is 19.8 Å². The molecule has 0 spiro atoms. The number of likely N-dealkylation sites (N-methyl/N-ethyl adjacent to an activating group) is 1. The van der Waals surface area contributed by atoms with Crippen LogP contribution >= 0.6 is 7.82 Å². The predicted octanol–water partition coefficient (Wildman–Crippen LogP) is 12.9. The van der Waals surface area contributed by atoms with Gasteiger partial charge in [-0.25, -0.2) is 0 Å². The summed E-state index contributed by atoms with van der Waals surface area (Å²) < 4.78 is 34.3. The zero-order chi connectivity index (χ0) is 39.9. The van der Waals surface area contributed by atoms with Crippen LogP contribution in [0, 0.1) is 0 Å². The van der Waals surface area contributed by atoms with Crippen molar-refractivity contribution in [3.8, 4) is 0 Å². The third-order valence-corrected chi connectivity index (χ3v) is 10.8. The topological polar surface area (TPSA) is 94.1 Å². The highest BCUT2D eigenvalue weighted by molar-refractivity contribution is 7.45. The molecule has 320 valence electrons. The van der Waals surface area contributed by atoms with E-state index in [9.17, 15) is 14.3 Å². The molecule has 0 heterocycles. The van der Waals surface area contributed by atoms with Gasteiger partial charge in [-0.05, 0) is 51.0 Å². The average molecular weight is 786 g/mol. The van der Waals surface area contributed by atoms with Crippen LogP contribution < -0.4 is 4.89 Å². The monoisotopic (exact) mass is 786 g/mol. The fourth-order valence-electron chi connectivity index (χ4n) is 6.27. The summed E-state index contributed by atoms with van der Waals surface area (Å²) in [6.07, 6.45) is 44.3. The Morgan fingerprint density at radius 1 is 0.574 bits per heavy atom. The second-order valence-electron chi connectivity index (χ2n) is 16.5. The summed E-state index contributed by atoms with van der Waals surface area (Å²) >= 11 is 0. The van der Waals surface area contributed by atoms with Gasteiger partial charge in [-0.1, -0.05) is 167 Å². The van der Waals surface area contributed by atoms with Gasteiger partial charge in [0.2, 0.25) is 0 Å². The first-order chi connectivity index (χ1) is 26.1. The Hall–Kier alpha value is -1.18. The molecule has 0 radical (unpaired) electrons. The number of hydrogen-bond acceptors (Lipinski definition) is 7. The van der Waals surface area contributed by atoms with E-state index in [4.69, 9.17) is 18.5 Å². The van der Waals surface area contributed by atoms with E-state index >= 15 is 0 Å². The number of unbranched alkanes of at least 4 members (excludes halogenated alkanes) is 26. The molecule has 8 nitrogen and oxygen atoms in total. The minimum atomic E-state index is -4.54. The highest BCUT2D eigenvalue weighted by atomic mass is 31.2. The molecule has 54 heavy (non-hydrogen) atoms. The predicted molar refractivity (Wildman–Crippen MR) is 226 cm³/mol. The molecule has 0 aliphatic heterocycles. The molecule has 0 amide bonds. The van der Waals surface area contributed by atoms with Crippen LogP contribution in [0.3, 0.4) is 0 Å². The van der Waals surface area contributed by atoms with Crippen LogP contribution in [0.15, 0.2) is 24.5 Å². The number of carbonyl (C=O) groups excluding carboxylic acids is 1. The first-order valence-corrected chi connectivity index (χ1v) is 24.1. The zero-order valence-corrected chi connectivity index (χ0v) is 37.1. The molecule has 0 saturated heterocycles. The van der Waals surface area contributed by atoms with Gasteiger partial charge >= 0.3 is 5.97 Å². The van der Waals surface area contributed by atoms with Crippen molar-refractivity contribution in [2.75, 3.05) is 47.5 Å². The van der Waals surface area contributed by atoms with Crippen molar-refractivity contribution < 1.29 is 37.3 Å². The second-order valence-corrected chi connectivity index (χ2v) is 17.9. The van der Waals surface area contributed by atoms with Crippen LogP contribution in [0.25, 0.3) is 0 Å². The van der Waals surface area contributed by atoms with E-state index in [0.717, 1.165) is 44.9 Å². The number of ether oxygens (including phenoxy) is 2. The quantitative estimate of drug-likeness (QED) is 0.0152. The van der Waals surface area contributed by atoms with Gasteiger partial charge in [0.05, 0.1) is 34.0 Å². The largest absolute Gasteiger partial charge is 0.756 e. The average Bonchev–Trinajstić information content (AvgIpc) is 3.12. The first-order valence-electron chi connectivity index (χ1n) is 22.6. The maximum atomic E-state index is 12.6. The lowest BCUT2D eigenvalue weighted by Crippen LogP contribution is -2.37. The molecule has 2 atom stereocenters. The number of rotatable bonds is 42. The normalized spacial score (nSPS) is 13.9. The molecule has 0 aliphatic carbocycles. The molecular formula is C45H88NO7P. The fraction of sp³-hybridized carbons (Fsp3) is 0.889. The lowest BCUT2D eigenvalue weighted by molar-refractivity contribution is -0.870. The summed E-state index contributed by atoms with van der Waals surface area (Å²) in [5.74, 6) is -0.363. The summed E-state index contributed by atoms with van der Waals surface area (Å²) in [5.41, 5.74) is 0. The van der Waals surface area contributed by atoms with Crippen LogP contribution in [0.5, 0.6) is 0 Å². The number of allylic oxidation sites excluding steroid dienone is 3. The lowest BCUT2D eigenvalue weighted by atomic mass is 10.0. The molecule has 0 N–H and O–H groups in total. The standard InChI is InChI=1S/C45H88NO7P/c1-6-8-10-12-14-16-18-20-22-23-24-25-27-29-31-33-35-37-40-50-42-44(43-52-54(48,49)51-41-39-46(3,4)5)53-45(47)38-36-34-32-30-28-26-21-19-17-15-13-11-9-7-2/h19,21,37,40,44H,6-18,20,22-36,38-39,41-43H2,1-5H3/b21-19-,40-37-/t44-/m1/s1. The van der Waals surface area contributed by atoms with Crippen LogP contribution in [-0.2, 0) is 27.9 Å². The molecule has 0 fully saturated rings. The number of carbonyl (C=O) groups is 1. The molecule has 0 aromatic carbocycles. The molecule has 0 aliphatic rings. The van der Waals surface area contributed by atoms with Gasteiger partial charge in [-0.15, -0.1) is 0 Å². The minimum Gasteiger partial charge on any atom is -0.756 e. The van der Waals surface area contributed by atoms with Gasteiger partial charge in [-0.2, -0.15) is 0 Å². The number of esters is 1. The van der Waals surface area contributed by atoms with Crippen LogP contribution in [0.4, 0.5) is 0 Å². The van der Waals surface area contributed by atoms with Crippen molar-refractivity contribution in [1.29, 1.82) is 0 Å². The summed E-state index contributed by atoms with van der Waals surface area (Å²) in [5, 5.41) is 0. The molecule has 0 aromatic rings. The smallest absolute Gasteiger partial charge is 0.306 e. The summed E-state index contributed by atoms with van der Waals surface area (Å²) in [6.45, 7) is 4.74. The summed E-state index contributed by atoms with van der Waals surface area (Å²) in [6, 6.07) is 0. The van der Waals surface area contributed by atoms with Gasteiger partial charge in [0.25, 0.3) is 7.82 Å². The Kier molecular flexibility index (Phi) is 37.8.